The van der Waals surface area contributed by atoms with Crippen LogP contribution in [0.2, 0.25) is 0 Å². The maximum absolute atomic E-state index is 11.4. The maximum Gasteiger partial charge on any atom is 0.235 e. The molecule has 0 heterocycles. The summed E-state index contributed by atoms with van der Waals surface area (Å²) in [6.45, 7) is 0.610. The third kappa shape index (κ3) is 3.42. The van der Waals surface area contributed by atoms with Crippen molar-refractivity contribution in [3.05, 3.63) is 35.9 Å². The van der Waals surface area contributed by atoms with Gasteiger partial charge in [-0.15, -0.1) is 0 Å². The molecule has 0 unspecified atom stereocenters. The van der Waals surface area contributed by atoms with Gasteiger partial charge in [0.25, 0.3) is 0 Å². The van der Waals surface area contributed by atoms with Gasteiger partial charge >= 0.3 is 0 Å². The van der Waals surface area contributed by atoms with Crippen molar-refractivity contribution in [3.63, 3.8) is 0 Å². The lowest BCUT2D eigenvalue weighted by molar-refractivity contribution is 0.105. The molecule has 1 aromatic rings. The molecule has 72 valence electrons. The van der Waals surface area contributed by atoms with E-state index in [9.17, 15) is 4.79 Å². The first kappa shape index (κ1) is 10.5. The third-order valence-electron chi connectivity index (χ3n) is 1.63. The van der Waals surface area contributed by atoms with Crippen molar-refractivity contribution in [3.8, 4) is 11.8 Å². The number of carbonyl (C=O) groups is 1. The first-order valence-corrected chi connectivity index (χ1v) is 4.43. The molecule has 0 spiro atoms. The summed E-state index contributed by atoms with van der Waals surface area (Å²) in [5.74, 6) is 5.29. The summed E-state index contributed by atoms with van der Waals surface area (Å²) in [7, 11) is 3.84. The van der Waals surface area contributed by atoms with Crippen molar-refractivity contribution >= 4 is 5.78 Å². The Hall–Kier alpha value is -1.59. The molecule has 1 aromatic carbocycles. The number of carbonyl (C=O) groups excluding carboxylic acids is 1. The summed E-state index contributed by atoms with van der Waals surface area (Å²) < 4.78 is 0. The van der Waals surface area contributed by atoms with Crippen molar-refractivity contribution in [1.82, 2.24) is 4.90 Å². The molecule has 0 radical (unpaired) electrons. The summed E-state index contributed by atoms with van der Waals surface area (Å²) >= 11 is 0. The maximum atomic E-state index is 11.4. The molecular formula is C12H13NO. The number of hydrogen-bond donors (Lipinski definition) is 0. The molecule has 0 aliphatic heterocycles. The smallest absolute Gasteiger partial charge is 0.235 e. The van der Waals surface area contributed by atoms with E-state index in [4.69, 9.17) is 0 Å². The van der Waals surface area contributed by atoms with Crippen LogP contribution >= 0.6 is 0 Å². The molecule has 1 rings (SSSR count). The zero-order valence-corrected chi connectivity index (χ0v) is 8.45. The first-order valence-electron chi connectivity index (χ1n) is 4.43. The van der Waals surface area contributed by atoms with Gasteiger partial charge < -0.3 is 0 Å². The fourth-order valence-corrected chi connectivity index (χ4v) is 0.940. The molecule has 0 aliphatic carbocycles. The van der Waals surface area contributed by atoms with E-state index in [2.05, 4.69) is 11.8 Å². The Bertz CT molecular complexity index is 357. The minimum absolute atomic E-state index is 0.118. The van der Waals surface area contributed by atoms with Gasteiger partial charge in [0.15, 0.2) is 0 Å². The molecular weight excluding hydrogens is 174 g/mol. The van der Waals surface area contributed by atoms with Crippen LogP contribution in [0.15, 0.2) is 30.3 Å². The van der Waals surface area contributed by atoms with Crippen LogP contribution in [0.3, 0.4) is 0 Å². The Morgan fingerprint density at radius 1 is 1.29 bits per heavy atom. The molecule has 0 bridgehead atoms. The van der Waals surface area contributed by atoms with E-state index in [0.717, 1.165) is 0 Å². The monoisotopic (exact) mass is 187 g/mol. The second-order valence-corrected chi connectivity index (χ2v) is 3.23. The number of benzene rings is 1. The van der Waals surface area contributed by atoms with Crippen LogP contribution in [-0.4, -0.2) is 31.3 Å². The van der Waals surface area contributed by atoms with Gasteiger partial charge in [-0.3, -0.25) is 9.69 Å². The van der Waals surface area contributed by atoms with Crippen molar-refractivity contribution in [2.75, 3.05) is 20.6 Å². The lowest BCUT2D eigenvalue weighted by Crippen LogP contribution is -2.11. The van der Waals surface area contributed by atoms with Crippen LogP contribution in [0.5, 0.6) is 0 Å². The predicted molar refractivity (Wildman–Crippen MR) is 57.1 cm³/mol. The van der Waals surface area contributed by atoms with E-state index < -0.39 is 0 Å². The van der Waals surface area contributed by atoms with Crippen LogP contribution < -0.4 is 0 Å². The third-order valence-corrected chi connectivity index (χ3v) is 1.63. The highest BCUT2D eigenvalue weighted by molar-refractivity contribution is 6.08. The lowest BCUT2D eigenvalue weighted by Gasteiger charge is -2.00. The average molecular weight is 187 g/mol. The Balaban J connectivity index is 2.62. The van der Waals surface area contributed by atoms with E-state index in [1.54, 1.807) is 12.1 Å². The second-order valence-electron chi connectivity index (χ2n) is 3.23. The zero-order valence-electron chi connectivity index (χ0n) is 8.45. The quantitative estimate of drug-likeness (QED) is 0.396. The van der Waals surface area contributed by atoms with Crippen LogP contribution in [-0.2, 0) is 0 Å². The highest BCUT2D eigenvalue weighted by Crippen LogP contribution is 1.98. The molecule has 0 amide bonds. The number of hydrogen-bond acceptors (Lipinski definition) is 2. The average Bonchev–Trinajstić information content (AvgIpc) is 2.18. The minimum Gasteiger partial charge on any atom is -0.299 e. The zero-order chi connectivity index (χ0) is 10.4. The Morgan fingerprint density at radius 3 is 2.50 bits per heavy atom. The van der Waals surface area contributed by atoms with Crippen molar-refractivity contribution < 1.29 is 4.79 Å². The summed E-state index contributed by atoms with van der Waals surface area (Å²) in [5.41, 5.74) is 0.652. The predicted octanol–water partition coefficient (Wildman–Crippen LogP) is 1.43. The fourth-order valence-electron chi connectivity index (χ4n) is 0.940. The normalized spacial score (nSPS) is 9.36. The number of Topliss-reactive ketones (excluding diaryl/α,β-unsaturated/α-hetero) is 1. The van der Waals surface area contributed by atoms with E-state index >= 15 is 0 Å². The second kappa shape index (κ2) is 5.21. The first-order chi connectivity index (χ1) is 6.70. The number of nitrogens with zero attached hydrogens (tertiary/aromatic N) is 1. The summed E-state index contributed by atoms with van der Waals surface area (Å²) in [6, 6.07) is 9.09. The fraction of sp³-hybridized carbons (Fsp3) is 0.250. The van der Waals surface area contributed by atoms with Gasteiger partial charge in [0.05, 0.1) is 6.54 Å². The molecule has 0 fully saturated rings. The number of rotatable bonds is 2. The van der Waals surface area contributed by atoms with Crippen molar-refractivity contribution in [1.29, 1.82) is 0 Å². The van der Waals surface area contributed by atoms with Crippen LogP contribution in [0.25, 0.3) is 0 Å². The topological polar surface area (TPSA) is 20.3 Å². The van der Waals surface area contributed by atoms with Gasteiger partial charge in [0.2, 0.25) is 5.78 Å². The molecule has 14 heavy (non-hydrogen) atoms. The molecule has 0 N–H and O–H groups in total. The van der Waals surface area contributed by atoms with Gasteiger partial charge in [0, 0.05) is 5.56 Å². The van der Waals surface area contributed by atoms with Crippen molar-refractivity contribution in [2.24, 2.45) is 0 Å². The van der Waals surface area contributed by atoms with Crippen LogP contribution in [0, 0.1) is 11.8 Å². The van der Waals surface area contributed by atoms with Gasteiger partial charge in [0.1, 0.15) is 0 Å². The summed E-state index contributed by atoms with van der Waals surface area (Å²) in [4.78, 5) is 13.4. The molecule has 0 atom stereocenters. The SMILES string of the molecule is CN(C)CC#CC(=O)c1ccccc1. The van der Waals surface area contributed by atoms with Crippen LogP contribution in [0.4, 0.5) is 0 Å². The van der Waals surface area contributed by atoms with Crippen molar-refractivity contribution in [2.45, 2.75) is 0 Å². The van der Waals surface area contributed by atoms with E-state index in [1.807, 2.05) is 37.2 Å². The number of ketones is 1. The van der Waals surface area contributed by atoms with E-state index in [-0.39, 0.29) is 5.78 Å². The minimum atomic E-state index is -0.118. The van der Waals surface area contributed by atoms with Gasteiger partial charge in [-0.1, -0.05) is 36.3 Å². The van der Waals surface area contributed by atoms with Gasteiger partial charge in [-0.2, -0.15) is 0 Å². The molecule has 0 aromatic heterocycles. The highest BCUT2D eigenvalue weighted by atomic mass is 16.1. The Labute approximate surface area is 84.5 Å². The van der Waals surface area contributed by atoms with Crippen LogP contribution in [0.1, 0.15) is 10.4 Å². The molecule has 2 heteroatoms. The van der Waals surface area contributed by atoms with E-state index in [1.165, 1.54) is 0 Å². The molecule has 0 aliphatic rings. The molecule has 2 nitrogen and oxygen atoms in total. The largest absolute Gasteiger partial charge is 0.299 e. The highest BCUT2D eigenvalue weighted by Gasteiger charge is 1.98. The Kier molecular flexibility index (Phi) is 3.90. The lowest BCUT2D eigenvalue weighted by atomic mass is 10.1. The summed E-state index contributed by atoms with van der Waals surface area (Å²) in [5, 5.41) is 0. The molecule has 0 saturated carbocycles. The molecule has 0 saturated heterocycles. The van der Waals surface area contributed by atoms with Gasteiger partial charge in [-0.25, -0.2) is 0 Å². The Morgan fingerprint density at radius 2 is 1.93 bits per heavy atom. The standard InChI is InChI=1S/C12H13NO/c1-13(2)10-6-9-12(14)11-7-4-3-5-8-11/h3-5,7-8H,10H2,1-2H3. The summed E-state index contributed by atoms with van der Waals surface area (Å²) in [6.07, 6.45) is 0. The van der Waals surface area contributed by atoms with Gasteiger partial charge in [-0.05, 0) is 20.0 Å². The van der Waals surface area contributed by atoms with E-state index in [0.29, 0.717) is 12.1 Å².